The number of hydroxylamine groups is 2. The zero-order valence-electron chi connectivity index (χ0n) is 14.2. The van der Waals surface area contributed by atoms with Crippen LogP contribution in [0.15, 0.2) is 18.2 Å². The number of halogens is 7. The van der Waals surface area contributed by atoms with E-state index in [1.54, 1.807) is 0 Å². The van der Waals surface area contributed by atoms with Crippen molar-refractivity contribution in [3.8, 4) is 5.75 Å². The van der Waals surface area contributed by atoms with Crippen LogP contribution in [0.25, 0.3) is 0 Å². The van der Waals surface area contributed by atoms with Gasteiger partial charge in [0.1, 0.15) is 5.25 Å². The van der Waals surface area contributed by atoms with Crippen molar-refractivity contribution in [1.82, 2.24) is 5.06 Å². The Hall–Kier alpha value is -1.66. The van der Waals surface area contributed by atoms with E-state index in [4.69, 9.17) is 28.0 Å². The van der Waals surface area contributed by atoms with Crippen molar-refractivity contribution in [2.45, 2.75) is 11.3 Å². The summed E-state index contributed by atoms with van der Waals surface area (Å²) in [6, 6.07) is 3.21. The molecule has 1 fully saturated rings. The van der Waals surface area contributed by atoms with Crippen LogP contribution in [0.3, 0.4) is 0 Å². The first-order chi connectivity index (χ1) is 13.5. The Balaban J connectivity index is 2.05. The minimum Gasteiger partial charge on any atom is -0.376 e. The lowest BCUT2D eigenvalue weighted by atomic mass is 10.0. The number of benzene rings is 2. The molecule has 1 heterocycles. The Bertz CT molecular complexity index is 1060. The Morgan fingerprint density at radius 3 is 2.17 bits per heavy atom. The fourth-order valence-electron chi connectivity index (χ4n) is 2.82. The third kappa shape index (κ3) is 3.77. The summed E-state index contributed by atoms with van der Waals surface area (Å²) in [7, 11) is -3.61. The molecule has 2 unspecified atom stereocenters. The summed E-state index contributed by atoms with van der Waals surface area (Å²) in [5.41, 5.74) is 0.189. The van der Waals surface area contributed by atoms with Gasteiger partial charge in [0.15, 0.2) is 0 Å². The fraction of sp³-hybridized carbons (Fsp3) is 0.250. The van der Waals surface area contributed by atoms with Gasteiger partial charge in [0, 0.05) is 7.05 Å². The van der Waals surface area contributed by atoms with E-state index in [1.807, 2.05) is 0 Å². The zero-order chi connectivity index (χ0) is 21.7. The van der Waals surface area contributed by atoms with Crippen LogP contribution in [0.2, 0.25) is 10.0 Å². The third-order valence-corrected chi connectivity index (χ3v) is 6.59. The van der Waals surface area contributed by atoms with Gasteiger partial charge in [0.05, 0.1) is 22.7 Å². The van der Waals surface area contributed by atoms with E-state index >= 15 is 0 Å². The minimum atomic E-state index is -4.97. The predicted molar refractivity (Wildman–Crippen MR) is 92.5 cm³/mol. The van der Waals surface area contributed by atoms with Gasteiger partial charge in [-0.05, 0) is 11.6 Å². The van der Waals surface area contributed by atoms with Gasteiger partial charge in [-0.1, -0.05) is 35.3 Å². The largest absolute Gasteiger partial charge is 0.376 e. The standard InChI is InChI=1S/C16H10Cl2F5NO4S/c1-24-15(6-3-2-4-7(17)9(6)18)8(5-27-24)29(25,26)28-16-13(22)11(20)10(19)12(21)14(16)23/h2-4,8,15H,5H2,1H3. The Morgan fingerprint density at radius 1 is 1.03 bits per heavy atom. The summed E-state index contributed by atoms with van der Waals surface area (Å²) in [6.07, 6.45) is 0. The molecule has 0 radical (unpaired) electrons. The van der Waals surface area contributed by atoms with Gasteiger partial charge < -0.3 is 4.18 Å². The smallest absolute Gasteiger partial charge is 0.316 e. The second-order valence-corrected chi connectivity index (χ2v) is 8.49. The third-order valence-electron chi connectivity index (χ3n) is 4.23. The van der Waals surface area contributed by atoms with Gasteiger partial charge in [0.25, 0.3) is 0 Å². The summed E-state index contributed by atoms with van der Waals surface area (Å²) in [5.74, 6) is -13.9. The molecule has 0 bridgehead atoms. The lowest BCUT2D eigenvalue weighted by Gasteiger charge is -2.24. The van der Waals surface area contributed by atoms with Gasteiger partial charge in [-0.15, -0.1) is 0 Å². The molecule has 158 valence electrons. The monoisotopic (exact) mass is 477 g/mol. The van der Waals surface area contributed by atoms with Crippen LogP contribution in [0.4, 0.5) is 22.0 Å². The normalized spacial score (nSPS) is 20.3. The van der Waals surface area contributed by atoms with E-state index in [9.17, 15) is 30.4 Å². The van der Waals surface area contributed by atoms with Crippen molar-refractivity contribution in [1.29, 1.82) is 0 Å². The fourth-order valence-corrected chi connectivity index (χ4v) is 4.60. The van der Waals surface area contributed by atoms with E-state index < -0.39 is 62.9 Å². The summed E-state index contributed by atoms with van der Waals surface area (Å²) in [4.78, 5) is 5.16. The molecule has 0 amide bonds. The van der Waals surface area contributed by atoms with E-state index in [1.165, 1.54) is 25.2 Å². The molecular formula is C16H10Cl2F5NO4S. The average molecular weight is 478 g/mol. The molecule has 29 heavy (non-hydrogen) atoms. The molecule has 1 saturated heterocycles. The summed E-state index contributed by atoms with van der Waals surface area (Å²) >= 11 is 12.0. The molecule has 0 N–H and O–H groups in total. The molecule has 13 heteroatoms. The number of nitrogens with zero attached hydrogens (tertiary/aromatic N) is 1. The quantitative estimate of drug-likeness (QED) is 0.283. The number of hydrogen-bond donors (Lipinski definition) is 0. The molecule has 1 aliphatic heterocycles. The lowest BCUT2D eigenvalue weighted by Crippen LogP contribution is -2.34. The molecule has 5 nitrogen and oxygen atoms in total. The van der Waals surface area contributed by atoms with Crippen LogP contribution >= 0.6 is 23.2 Å². The Morgan fingerprint density at radius 2 is 1.59 bits per heavy atom. The highest BCUT2D eigenvalue weighted by molar-refractivity contribution is 7.87. The van der Waals surface area contributed by atoms with Gasteiger partial charge >= 0.3 is 10.1 Å². The highest BCUT2D eigenvalue weighted by Crippen LogP contribution is 2.41. The summed E-state index contributed by atoms with van der Waals surface area (Å²) in [6.45, 7) is -0.540. The number of rotatable bonds is 4. The minimum absolute atomic E-state index is 0.00653. The molecule has 0 aliphatic carbocycles. The van der Waals surface area contributed by atoms with Crippen LogP contribution < -0.4 is 4.18 Å². The van der Waals surface area contributed by atoms with Gasteiger partial charge in [-0.3, -0.25) is 4.84 Å². The molecule has 2 aromatic rings. The second kappa shape index (κ2) is 7.88. The van der Waals surface area contributed by atoms with Crippen LogP contribution in [0.1, 0.15) is 11.6 Å². The van der Waals surface area contributed by atoms with Crippen molar-refractivity contribution in [3.63, 3.8) is 0 Å². The number of hydrogen-bond acceptors (Lipinski definition) is 5. The SMILES string of the molecule is CN1OCC(S(=O)(=O)Oc2c(F)c(F)c(F)c(F)c2F)C1c1cccc(Cl)c1Cl. The van der Waals surface area contributed by atoms with Crippen LogP contribution in [-0.2, 0) is 15.0 Å². The van der Waals surface area contributed by atoms with Gasteiger partial charge in [0.2, 0.25) is 34.8 Å². The molecule has 3 rings (SSSR count). The first kappa shape index (κ1) is 22.0. The molecule has 0 spiro atoms. The zero-order valence-corrected chi connectivity index (χ0v) is 16.6. The Kier molecular flexibility index (Phi) is 5.98. The summed E-state index contributed by atoms with van der Waals surface area (Å²) < 4.78 is 97.2. The second-order valence-electron chi connectivity index (χ2n) is 5.94. The first-order valence-electron chi connectivity index (χ1n) is 7.71. The molecule has 0 aromatic heterocycles. The molecule has 2 aromatic carbocycles. The van der Waals surface area contributed by atoms with Gasteiger partial charge in [-0.2, -0.15) is 22.3 Å². The van der Waals surface area contributed by atoms with E-state index in [0.29, 0.717) is 0 Å². The van der Waals surface area contributed by atoms with Crippen molar-refractivity contribution < 1.29 is 39.4 Å². The average Bonchev–Trinajstić information content (AvgIpc) is 3.06. The highest BCUT2D eigenvalue weighted by atomic mass is 35.5. The maximum Gasteiger partial charge on any atom is 0.316 e. The summed E-state index contributed by atoms with van der Waals surface area (Å²) in [5, 5.41) is -0.436. The van der Waals surface area contributed by atoms with Crippen molar-refractivity contribution in [2.75, 3.05) is 13.7 Å². The van der Waals surface area contributed by atoms with Crippen LogP contribution in [0, 0.1) is 29.1 Å². The highest BCUT2D eigenvalue weighted by Gasteiger charge is 2.46. The van der Waals surface area contributed by atoms with Crippen molar-refractivity contribution in [2.24, 2.45) is 0 Å². The van der Waals surface area contributed by atoms with Crippen molar-refractivity contribution in [3.05, 3.63) is 62.9 Å². The first-order valence-corrected chi connectivity index (χ1v) is 9.94. The van der Waals surface area contributed by atoms with E-state index in [0.717, 1.165) is 5.06 Å². The Labute approximate surface area is 171 Å². The van der Waals surface area contributed by atoms with Gasteiger partial charge in [-0.25, -0.2) is 13.2 Å². The van der Waals surface area contributed by atoms with E-state index in [-0.39, 0.29) is 15.6 Å². The topological polar surface area (TPSA) is 55.8 Å². The molecule has 0 saturated carbocycles. The van der Waals surface area contributed by atoms with Crippen molar-refractivity contribution >= 4 is 33.3 Å². The predicted octanol–water partition coefficient (Wildman–Crippen LogP) is 4.38. The van der Waals surface area contributed by atoms with E-state index in [2.05, 4.69) is 4.18 Å². The molecule has 1 aliphatic rings. The lowest BCUT2D eigenvalue weighted by molar-refractivity contribution is -0.110. The maximum absolute atomic E-state index is 13.8. The van der Waals surface area contributed by atoms with Crippen LogP contribution in [0.5, 0.6) is 5.75 Å². The molecular weight excluding hydrogens is 468 g/mol. The maximum atomic E-state index is 13.8. The molecule has 2 atom stereocenters. The van der Waals surface area contributed by atoms with Crippen LogP contribution in [-0.4, -0.2) is 32.4 Å².